The van der Waals surface area contributed by atoms with Crippen LogP contribution in [0.3, 0.4) is 0 Å². The molecule has 0 bridgehead atoms. The number of aromatic nitrogens is 1. The van der Waals surface area contributed by atoms with Crippen molar-refractivity contribution in [1.29, 1.82) is 0 Å². The predicted molar refractivity (Wildman–Crippen MR) is 107 cm³/mol. The molecule has 0 radical (unpaired) electrons. The molecule has 0 aliphatic rings. The van der Waals surface area contributed by atoms with Gasteiger partial charge in [0.05, 0.1) is 0 Å². The van der Waals surface area contributed by atoms with E-state index in [0.29, 0.717) is 18.7 Å². The fraction of sp³-hybridized carbons (Fsp3) is 0.273. The van der Waals surface area contributed by atoms with E-state index < -0.39 is 17.8 Å². The Labute approximate surface area is 173 Å². The molecule has 1 N–H and O–H groups in total. The number of ether oxygens (including phenoxy) is 1. The summed E-state index contributed by atoms with van der Waals surface area (Å²) in [5.74, 6) is -1.02. The summed E-state index contributed by atoms with van der Waals surface area (Å²) in [6.07, 6.45) is 3.17. The number of nitrogens with one attached hydrogen (secondary N) is 1. The second kappa shape index (κ2) is 10.2. The van der Waals surface area contributed by atoms with Gasteiger partial charge < -0.3 is 14.0 Å². The minimum Gasteiger partial charge on any atom is -0.441 e. The SMILES string of the molecule is CC(=O)Oc1ccccc1C(=O)ONC(=O)CCCCCc1nc2ccccc2o1. The molecule has 3 aromatic rings. The molecule has 1 aromatic heterocycles. The number of fused-ring (bicyclic) bond motifs is 1. The van der Waals surface area contributed by atoms with E-state index in [1.807, 2.05) is 24.3 Å². The highest BCUT2D eigenvalue weighted by atomic mass is 16.7. The molecule has 0 unspecified atom stereocenters. The number of aryl methyl sites for hydroxylation is 1. The van der Waals surface area contributed by atoms with Crippen molar-refractivity contribution in [2.24, 2.45) is 0 Å². The lowest BCUT2D eigenvalue weighted by atomic mass is 10.1. The number of oxazole rings is 1. The predicted octanol–water partition coefficient (Wildman–Crippen LogP) is 3.74. The minimum absolute atomic E-state index is 0.0475. The summed E-state index contributed by atoms with van der Waals surface area (Å²) in [6.45, 7) is 1.23. The highest BCUT2D eigenvalue weighted by Crippen LogP contribution is 2.19. The fourth-order valence-electron chi connectivity index (χ4n) is 2.85. The van der Waals surface area contributed by atoms with Crippen LogP contribution in [0.25, 0.3) is 11.1 Å². The zero-order chi connectivity index (χ0) is 21.3. The maximum absolute atomic E-state index is 12.1. The molecule has 1 amide bonds. The molecule has 0 saturated heterocycles. The van der Waals surface area contributed by atoms with Crippen LogP contribution in [-0.2, 0) is 20.8 Å². The van der Waals surface area contributed by atoms with Crippen LogP contribution in [0.1, 0.15) is 48.9 Å². The van der Waals surface area contributed by atoms with E-state index in [4.69, 9.17) is 14.0 Å². The van der Waals surface area contributed by atoms with Crippen molar-refractivity contribution < 1.29 is 28.4 Å². The van der Waals surface area contributed by atoms with Gasteiger partial charge in [0.2, 0.25) is 0 Å². The number of carbonyl (C=O) groups excluding carboxylic acids is 3. The molecule has 2 aromatic carbocycles. The van der Waals surface area contributed by atoms with Crippen molar-refractivity contribution in [3.63, 3.8) is 0 Å². The Kier molecular flexibility index (Phi) is 7.15. The molecule has 8 heteroatoms. The lowest BCUT2D eigenvalue weighted by Crippen LogP contribution is -2.27. The van der Waals surface area contributed by atoms with Gasteiger partial charge in [0.25, 0.3) is 5.91 Å². The third kappa shape index (κ3) is 5.91. The summed E-state index contributed by atoms with van der Waals surface area (Å²) in [5.41, 5.74) is 3.78. The van der Waals surface area contributed by atoms with Crippen molar-refractivity contribution in [2.45, 2.75) is 39.0 Å². The second-order valence-corrected chi connectivity index (χ2v) is 6.64. The first kappa shape index (κ1) is 21.0. The van der Waals surface area contributed by atoms with Gasteiger partial charge in [-0.1, -0.05) is 30.7 Å². The molecule has 1 heterocycles. The maximum Gasteiger partial charge on any atom is 0.366 e. The quantitative estimate of drug-likeness (QED) is 0.261. The first-order valence-electron chi connectivity index (χ1n) is 9.65. The van der Waals surface area contributed by atoms with E-state index in [1.165, 1.54) is 19.1 Å². The van der Waals surface area contributed by atoms with E-state index in [-0.39, 0.29) is 17.7 Å². The van der Waals surface area contributed by atoms with Gasteiger partial charge in [-0.2, -0.15) is 5.48 Å². The highest BCUT2D eigenvalue weighted by Gasteiger charge is 2.16. The molecule has 0 spiro atoms. The lowest BCUT2D eigenvalue weighted by Gasteiger charge is -2.09. The highest BCUT2D eigenvalue weighted by molar-refractivity contribution is 5.94. The molecule has 0 atom stereocenters. The molecule has 3 rings (SSSR count). The molecule has 30 heavy (non-hydrogen) atoms. The van der Waals surface area contributed by atoms with Crippen LogP contribution in [-0.4, -0.2) is 22.8 Å². The van der Waals surface area contributed by atoms with Gasteiger partial charge in [-0.25, -0.2) is 9.78 Å². The molecule has 8 nitrogen and oxygen atoms in total. The normalized spacial score (nSPS) is 10.6. The number of unbranched alkanes of at least 4 members (excludes halogenated alkanes) is 2. The second-order valence-electron chi connectivity index (χ2n) is 6.64. The number of nitrogens with zero attached hydrogens (tertiary/aromatic N) is 1. The maximum atomic E-state index is 12.1. The summed E-state index contributed by atoms with van der Waals surface area (Å²) < 4.78 is 10.6. The lowest BCUT2D eigenvalue weighted by molar-refractivity contribution is -0.132. The molecule has 0 saturated carbocycles. The Morgan fingerprint density at radius 1 is 1.00 bits per heavy atom. The van der Waals surface area contributed by atoms with Gasteiger partial charge in [-0.05, 0) is 37.1 Å². The summed E-state index contributed by atoms with van der Waals surface area (Å²) in [5, 5.41) is 0. The Balaban J connectivity index is 1.36. The van der Waals surface area contributed by atoms with Gasteiger partial charge in [0.1, 0.15) is 16.8 Å². The van der Waals surface area contributed by atoms with Crippen LogP contribution < -0.4 is 10.2 Å². The van der Waals surface area contributed by atoms with Crippen LogP contribution in [0, 0.1) is 0 Å². The van der Waals surface area contributed by atoms with Crippen LogP contribution in [0.4, 0.5) is 0 Å². The van der Waals surface area contributed by atoms with Crippen LogP contribution in [0.5, 0.6) is 5.75 Å². The summed E-state index contributed by atoms with van der Waals surface area (Å²) in [7, 11) is 0. The molecule has 0 aliphatic carbocycles. The van der Waals surface area contributed by atoms with Crippen LogP contribution in [0.15, 0.2) is 52.9 Å². The summed E-state index contributed by atoms with van der Waals surface area (Å²) in [6, 6.07) is 13.7. The third-order valence-electron chi connectivity index (χ3n) is 4.25. The number of rotatable bonds is 8. The van der Waals surface area contributed by atoms with E-state index in [2.05, 4.69) is 10.5 Å². The molecular weight excluding hydrogens is 388 g/mol. The largest absolute Gasteiger partial charge is 0.441 e. The molecular formula is C22H22N2O6. The number of amides is 1. The Hall–Kier alpha value is -3.68. The van der Waals surface area contributed by atoms with E-state index >= 15 is 0 Å². The van der Waals surface area contributed by atoms with Gasteiger partial charge in [0.15, 0.2) is 11.5 Å². The Bertz CT molecular complexity index is 1010. The topological polar surface area (TPSA) is 108 Å². The number of hydrogen-bond donors (Lipinski definition) is 1. The molecule has 0 aliphatic heterocycles. The van der Waals surface area contributed by atoms with Crippen molar-refractivity contribution in [2.75, 3.05) is 0 Å². The van der Waals surface area contributed by atoms with Gasteiger partial charge in [-0.3, -0.25) is 9.59 Å². The average molecular weight is 410 g/mol. The number of esters is 1. The Morgan fingerprint density at radius 3 is 2.57 bits per heavy atom. The Morgan fingerprint density at radius 2 is 1.77 bits per heavy atom. The van der Waals surface area contributed by atoms with E-state index in [0.717, 1.165) is 23.9 Å². The number of hydroxylamine groups is 1. The molecule has 156 valence electrons. The smallest absolute Gasteiger partial charge is 0.366 e. The van der Waals surface area contributed by atoms with Crippen molar-refractivity contribution in [1.82, 2.24) is 10.5 Å². The molecule has 0 fully saturated rings. The summed E-state index contributed by atoms with van der Waals surface area (Å²) >= 11 is 0. The standard InChI is InChI=1S/C22H22N2O6/c1-15(25)28-18-11-7-5-9-16(18)22(27)30-24-20(26)13-3-2-4-14-21-23-17-10-6-8-12-19(17)29-21/h5-12H,2-4,13-14H2,1H3,(H,24,26). The van der Waals surface area contributed by atoms with Crippen molar-refractivity contribution in [3.05, 3.63) is 60.0 Å². The van der Waals surface area contributed by atoms with E-state index in [1.54, 1.807) is 12.1 Å². The van der Waals surface area contributed by atoms with E-state index in [9.17, 15) is 14.4 Å². The number of benzene rings is 2. The van der Waals surface area contributed by atoms with Crippen molar-refractivity contribution in [3.8, 4) is 5.75 Å². The fourth-order valence-corrected chi connectivity index (χ4v) is 2.85. The van der Waals surface area contributed by atoms with Gasteiger partial charge in [0, 0.05) is 19.8 Å². The third-order valence-corrected chi connectivity index (χ3v) is 4.25. The zero-order valence-electron chi connectivity index (χ0n) is 16.6. The number of para-hydroxylation sites is 3. The minimum atomic E-state index is -0.809. The monoisotopic (exact) mass is 410 g/mol. The van der Waals surface area contributed by atoms with Gasteiger partial charge in [-0.15, -0.1) is 0 Å². The number of hydrogen-bond acceptors (Lipinski definition) is 7. The first-order chi connectivity index (χ1) is 14.5. The zero-order valence-corrected chi connectivity index (χ0v) is 16.6. The number of carbonyl (C=O) groups is 3. The summed E-state index contributed by atoms with van der Waals surface area (Å²) in [4.78, 5) is 44.3. The van der Waals surface area contributed by atoms with Crippen molar-refractivity contribution >= 4 is 28.9 Å². The van der Waals surface area contributed by atoms with Gasteiger partial charge >= 0.3 is 11.9 Å². The van der Waals surface area contributed by atoms with Crippen LogP contribution in [0.2, 0.25) is 0 Å². The average Bonchev–Trinajstić information content (AvgIpc) is 3.14. The van der Waals surface area contributed by atoms with Crippen LogP contribution >= 0.6 is 0 Å². The first-order valence-corrected chi connectivity index (χ1v) is 9.65.